The molecule has 0 saturated carbocycles. The van der Waals surface area contributed by atoms with E-state index in [1.54, 1.807) is 19.0 Å². The molecule has 0 unspecified atom stereocenters. The second-order valence-electron chi connectivity index (χ2n) is 3.81. The Bertz CT molecular complexity index is 173. The molecule has 0 spiro atoms. The molecule has 0 fully saturated rings. The van der Waals surface area contributed by atoms with E-state index in [0.717, 1.165) is 6.42 Å². The molecule has 82 valence electrons. The second-order valence-corrected chi connectivity index (χ2v) is 3.81. The average Bonchev–Trinajstić information content (AvgIpc) is 2.16. The van der Waals surface area contributed by atoms with Gasteiger partial charge in [-0.15, -0.1) is 0 Å². The van der Waals surface area contributed by atoms with Gasteiger partial charge in [-0.2, -0.15) is 0 Å². The minimum absolute atomic E-state index is 0.176. The summed E-state index contributed by atoms with van der Waals surface area (Å²) in [5.41, 5.74) is 0. The molecule has 0 aliphatic carbocycles. The molecule has 14 heavy (non-hydrogen) atoms. The van der Waals surface area contributed by atoms with E-state index in [4.69, 9.17) is 0 Å². The fourth-order valence-corrected chi connectivity index (χ4v) is 1.17. The number of nitrogens with zero attached hydrogens (tertiary/aromatic N) is 1. The maximum atomic E-state index is 11.2. The van der Waals surface area contributed by atoms with E-state index in [9.17, 15) is 4.79 Å². The van der Waals surface area contributed by atoms with Crippen LogP contribution in [0.1, 0.15) is 45.4 Å². The topological polar surface area (TPSA) is 20.3 Å². The Labute approximate surface area is 88.0 Å². The Hall–Kier alpha value is -0.790. The van der Waals surface area contributed by atoms with E-state index in [0.29, 0.717) is 6.42 Å². The number of rotatable bonds is 7. The molecule has 0 radical (unpaired) electrons. The monoisotopic (exact) mass is 197 g/mol. The van der Waals surface area contributed by atoms with E-state index in [-0.39, 0.29) is 5.91 Å². The molecule has 2 heteroatoms. The van der Waals surface area contributed by atoms with Crippen molar-refractivity contribution in [3.63, 3.8) is 0 Å². The number of hydrogen-bond donors (Lipinski definition) is 0. The van der Waals surface area contributed by atoms with Crippen LogP contribution in [-0.2, 0) is 4.79 Å². The van der Waals surface area contributed by atoms with E-state index < -0.39 is 0 Å². The zero-order chi connectivity index (χ0) is 10.8. The molecule has 1 amide bonds. The summed E-state index contributed by atoms with van der Waals surface area (Å²) in [6.45, 7) is 2.21. The predicted molar refractivity (Wildman–Crippen MR) is 61.2 cm³/mol. The molecule has 0 aliphatic heterocycles. The van der Waals surface area contributed by atoms with Crippen LogP contribution >= 0.6 is 0 Å². The molecule has 0 aromatic heterocycles. The van der Waals surface area contributed by atoms with E-state index in [1.807, 2.05) is 6.08 Å². The van der Waals surface area contributed by atoms with Crippen LogP contribution in [0.25, 0.3) is 0 Å². The fraction of sp³-hybridized carbons (Fsp3) is 0.750. The lowest BCUT2D eigenvalue weighted by Crippen LogP contribution is -2.20. The zero-order valence-corrected chi connectivity index (χ0v) is 9.75. The fourth-order valence-electron chi connectivity index (χ4n) is 1.17. The summed E-state index contributed by atoms with van der Waals surface area (Å²) >= 11 is 0. The van der Waals surface area contributed by atoms with Gasteiger partial charge in [-0.05, 0) is 12.8 Å². The molecule has 0 aromatic rings. The van der Waals surface area contributed by atoms with Crippen molar-refractivity contribution < 1.29 is 4.79 Å². The van der Waals surface area contributed by atoms with Crippen molar-refractivity contribution in [2.75, 3.05) is 14.1 Å². The van der Waals surface area contributed by atoms with E-state index in [2.05, 4.69) is 13.0 Å². The number of hydrogen-bond acceptors (Lipinski definition) is 1. The molecule has 0 aromatic carbocycles. The molecular weight excluding hydrogens is 174 g/mol. The molecule has 0 atom stereocenters. The highest BCUT2D eigenvalue weighted by molar-refractivity contribution is 5.76. The van der Waals surface area contributed by atoms with Gasteiger partial charge < -0.3 is 4.90 Å². The maximum absolute atomic E-state index is 11.2. The van der Waals surface area contributed by atoms with Gasteiger partial charge in [-0.1, -0.05) is 38.3 Å². The van der Waals surface area contributed by atoms with Gasteiger partial charge >= 0.3 is 0 Å². The van der Waals surface area contributed by atoms with Gasteiger partial charge in [0.15, 0.2) is 0 Å². The van der Waals surface area contributed by atoms with Gasteiger partial charge in [0.25, 0.3) is 0 Å². The first-order valence-corrected chi connectivity index (χ1v) is 5.53. The Morgan fingerprint density at radius 1 is 1.14 bits per heavy atom. The van der Waals surface area contributed by atoms with Crippen molar-refractivity contribution in [2.45, 2.75) is 45.4 Å². The van der Waals surface area contributed by atoms with Gasteiger partial charge in [0, 0.05) is 20.5 Å². The Balaban J connectivity index is 3.32. The maximum Gasteiger partial charge on any atom is 0.225 e. The minimum Gasteiger partial charge on any atom is -0.349 e. The van der Waals surface area contributed by atoms with Crippen LogP contribution in [0.3, 0.4) is 0 Å². The van der Waals surface area contributed by atoms with Crippen molar-refractivity contribution in [3.8, 4) is 0 Å². The normalized spacial score (nSPS) is 10.8. The van der Waals surface area contributed by atoms with Gasteiger partial charge in [0.05, 0.1) is 0 Å². The van der Waals surface area contributed by atoms with Crippen LogP contribution in [0.5, 0.6) is 0 Å². The summed E-state index contributed by atoms with van der Waals surface area (Å²) < 4.78 is 0. The smallest absolute Gasteiger partial charge is 0.225 e. The van der Waals surface area contributed by atoms with Gasteiger partial charge in [-0.3, -0.25) is 4.79 Å². The molecule has 0 rings (SSSR count). The van der Waals surface area contributed by atoms with Crippen molar-refractivity contribution in [2.24, 2.45) is 0 Å². The summed E-state index contributed by atoms with van der Waals surface area (Å²) in [6, 6.07) is 0. The predicted octanol–water partition coefficient (Wildman–Crippen LogP) is 2.99. The van der Waals surface area contributed by atoms with Gasteiger partial charge in [-0.25, -0.2) is 0 Å². The third-order valence-electron chi connectivity index (χ3n) is 2.18. The highest BCUT2D eigenvalue weighted by Crippen LogP contribution is 2.03. The number of carbonyl (C=O) groups excluding carboxylic acids is 1. The Morgan fingerprint density at radius 3 is 2.43 bits per heavy atom. The van der Waals surface area contributed by atoms with Crippen molar-refractivity contribution in [1.29, 1.82) is 0 Å². The van der Waals surface area contributed by atoms with Crippen LogP contribution in [0.2, 0.25) is 0 Å². The summed E-state index contributed by atoms with van der Waals surface area (Å²) in [4.78, 5) is 12.8. The molecular formula is C12H23NO. The van der Waals surface area contributed by atoms with Crippen LogP contribution < -0.4 is 0 Å². The highest BCUT2D eigenvalue weighted by atomic mass is 16.2. The lowest BCUT2D eigenvalue weighted by molar-refractivity contribution is -0.127. The van der Waals surface area contributed by atoms with Gasteiger partial charge in [0.1, 0.15) is 0 Å². The van der Waals surface area contributed by atoms with Crippen molar-refractivity contribution in [3.05, 3.63) is 12.2 Å². The van der Waals surface area contributed by atoms with E-state index in [1.165, 1.54) is 25.7 Å². The highest BCUT2D eigenvalue weighted by Gasteiger charge is 1.98. The summed E-state index contributed by atoms with van der Waals surface area (Å²) in [6.07, 6.45) is 10.9. The third kappa shape index (κ3) is 7.84. The Morgan fingerprint density at radius 2 is 1.86 bits per heavy atom. The largest absolute Gasteiger partial charge is 0.349 e. The number of unbranched alkanes of at least 4 members (excludes halogenated alkanes) is 4. The lowest BCUT2D eigenvalue weighted by Gasteiger charge is -2.06. The first-order chi connectivity index (χ1) is 6.68. The minimum atomic E-state index is 0.176. The van der Waals surface area contributed by atoms with Crippen LogP contribution in [0.15, 0.2) is 12.2 Å². The molecule has 0 bridgehead atoms. The third-order valence-corrected chi connectivity index (χ3v) is 2.18. The average molecular weight is 197 g/mol. The van der Waals surface area contributed by atoms with Crippen molar-refractivity contribution in [1.82, 2.24) is 4.90 Å². The lowest BCUT2D eigenvalue weighted by atomic mass is 10.1. The summed E-state index contributed by atoms with van der Waals surface area (Å²) in [7, 11) is 3.58. The first-order valence-electron chi connectivity index (χ1n) is 5.53. The zero-order valence-electron chi connectivity index (χ0n) is 9.75. The SMILES string of the molecule is CCCCCCC=CCC(=O)N(C)C. The molecule has 0 N–H and O–H groups in total. The number of amides is 1. The van der Waals surface area contributed by atoms with Crippen LogP contribution in [0, 0.1) is 0 Å². The molecule has 0 saturated heterocycles. The van der Waals surface area contributed by atoms with E-state index >= 15 is 0 Å². The molecule has 0 aliphatic rings. The molecule has 0 heterocycles. The second kappa shape index (κ2) is 8.79. The summed E-state index contributed by atoms with van der Waals surface area (Å²) in [5, 5.41) is 0. The van der Waals surface area contributed by atoms with Crippen molar-refractivity contribution >= 4 is 5.91 Å². The number of carbonyl (C=O) groups is 1. The van der Waals surface area contributed by atoms with Crippen LogP contribution in [0.4, 0.5) is 0 Å². The molecule has 2 nitrogen and oxygen atoms in total. The standard InChI is InChI=1S/C12H23NO/c1-4-5-6-7-8-9-10-11-12(14)13(2)3/h9-10H,4-8,11H2,1-3H3. The number of allylic oxidation sites excluding steroid dienone is 1. The van der Waals surface area contributed by atoms with Crippen LogP contribution in [-0.4, -0.2) is 24.9 Å². The van der Waals surface area contributed by atoms with Gasteiger partial charge in [0.2, 0.25) is 5.91 Å². The quantitative estimate of drug-likeness (QED) is 0.454. The summed E-state index contributed by atoms with van der Waals surface area (Å²) in [5.74, 6) is 0.176. The first kappa shape index (κ1) is 13.2. The Kier molecular flexibility index (Phi) is 8.30.